The molecule has 2 atom stereocenters. The molecular formula is C8H12N4O2. The number of nitrogens with zero attached hydrogens (tertiary/aromatic N) is 2. The van der Waals surface area contributed by atoms with Crippen molar-refractivity contribution in [1.82, 2.24) is 20.7 Å². The summed E-state index contributed by atoms with van der Waals surface area (Å²) in [5, 5.41) is 12.4. The van der Waals surface area contributed by atoms with Crippen LogP contribution in [0.4, 0.5) is 0 Å². The number of hydrogen-bond donors (Lipinski definition) is 2. The molecule has 0 bridgehead atoms. The van der Waals surface area contributed by atoms with Crippen molar-refractivity contribution in [3.63, 3.8) is 0 Å². The molecule has 0 radical (unpaired) electrons. The number of carbonyl (C=O) groups is 1. The largest absolute Gasteiger partial charge is 0.376 e. The summed E-state index contributed by atoms with van der Waals surface area (Å²) in [7, 11) is 1.64. The summed E-state index contributed by atoms with van der Waals surface area (Å²) < 4.78 is 5.22. The van der Waals surface area contributed by atoms with E-state index in [1.807, 2.05) is 6.92 Å². The lowest BCUT2D eigenvalue weighted by molar-refractivity contribution is 0.0784. The first-order valence-corrected chi connectivity index (χ1v) is 4.37. The fourth-order valence-electron chi connectivity index (χ4n) is 1.32. The average Bonchev–Trinajstić information content (AvgIpc) is 2.67. The van der Waals surface area contributed by atoms with Crippen molar-refractivity contribution < 1.29 is 9.53 Å². The van der Waals surface area contributed by atoms with E-state index in [9.17, 15) is 4.79 Å². The summed E-state index contributed by atoms with van der Waals surface area (Å²) in [6.07, 6.45) is 2.23. The van der Waals surface area contributed by atoms with E-state index >= 15 is 0 Å². The van der Waals surface area contributed by atoms with E-state index < -0.39 is 0 Å². The van der Waals surface area contributed by atoms with E-state index in [1.54, 1.807) is 7.11 Å². The standard InChI is InChI=1S/C8H12N4O2/c1-8(14-2)3-6(8)10-7(13)5-4-9-12-11-5/h4,6H,3H2,1-2H3,(H,10,13)(H,9,11,12)/t6-,8+/m1/s1. The molecular weight excluding hydrogens is 184 g/mol. The zero-order valence-electron chi connectivity index (χ0n) is 8.07. The zero-order valence-corrected chi connectivity index (χ0v) is 8.07. The fourth-order valence-corrected chi connectivity index (χ4v) is 1.32. The Balaban J connectivity index is 1.92. The van der Waals surface area contributed by atoms with Crippen LogP contribution >= 0.6 is 0 Å². The van der Waals surface area contributed by atoms with Crippen molar-refractivity contribution in [3.05, 3.63) is 11.9 Å². The Morgan fingerprint density at radius 2 is 2.64 bits per heavy atom. The SMILES string of the molecule is CO[C@@]1(C)C[C@H]1NC(=O)c1cn[nH]n1. The number of nitrogens with one attached hydrogen (secondary N) is 2. The lowest BCUT2D eigenvalue weighted by Gasteiger charge is -2.08. The summed E-state index contributed by atoms with van der Waals surface area (Å²) in [6, 6.07) is 0.0803. The van der Waals surface area contributed by atoms with Gasteiger partial charge in [0.05, 0.1) is 17.8 Å². The maximum Gasteiger partial charge on any atom is 0.273 e. The number of rotatable bonds is 3. The molecule has 1 fully saturated rings. The van der Waals surface area contributed by atoms with E-state index in [-0.39, 0.29) is 17.6 Å². The Bertz CT molecular complexity index is 337. The van der Waals surface area contributed by atoms with Gasteiger partial charge in [-0.15, -0.1) is 0 Å². The summed E-state index contributed by atoms with van der Waals surface area (Å²) in [6.45, 7) is 1.96. The molecule has 0 unspecified atom stereocenters. The normalized spacial score (nSPS) is 30.0. The van der Waals surface area contributed by atoms with Crippen LogP contribution in [0.3, 0.4) is 0 Å². The smallest absolute Gasteiger partial charge is 0.273 e. The van der Waals surface area contributed by atoms with Gasteiger partial charge in [0, 0.05) is 13.5 Å². The highest BCUT2D eigenvalue weighted by molar-refractivity contribution is 5.92. The number of hydrogen-bond acceptors (Lipinski definition) is 4. The van der Waals surface area contributed by atoms with Gasteiger partial charge in [-0.3, -0.25) is 4.79 Å². The summed E-state index contributed by atoms with van der Waals surface area (Å²) >= 11 is 0. The molecule has 1 amide bonds. The van der Waals surface area contributed by atoms with Crippen molar-refractivity contribution in [2.24, 2.45) is 0 Å². The van der Waals surface area contributed by atoms with E-state index in [2.05, 4.69) is 20.7 Å². The maximum atomic E-state index is 11.5. The number of aromatic nitrogens is 3. The number of H-pyrrole nitrogens is 1. The molecule has 0 spiro atoms. The highest BCUT2D eigenvalue weighted by Crippen LogP contribution is 2.38. The number of amides is 1. The number of aromatic amines is 1. The highest BCUT2D eigenvalue weighted by atomic mass is 16.5. The fraction of sp³-hybridized carbons (Fsp3) is 0.625. The molecule has 1 heterocycles. The van der Waals surface area contributed by atoms with Gasteiger partial charge in [-0.25, -0.2) is 0 Å². The second kappa shape index (κ2) is 3.06. The Labute approximate surface area is 81.0 Å². The van der Waals surface area contributed by atoms with Gasteiger partial charge >= 0.3 is 0 Å². The van der Waals surface area contributed by atoms with Gasteiger partial charge in [0.15, 0.2) is 5.69 Å². The van der Waals surface area contributed by atoms with Crippen LogP contribution < -0.4 is 5.32 Å². The predicted octanol–water partition coefficient (Wildman–Crippen LogP) is -0.288. The minimum absolute atomic E-state index is 0.0803. The van der Waals surface area contributed by atoms with Gasteiger partial charge in [0.2, 0.25) is 0 Å². The number of ether oxygens (including phenoxy) is 1. The quantitative estimate of drug-likeness (QED) is 0.696. The summed E-state index contributed by atoms with van der Waals surface area (Å²) in [4.78, 5) is 11.5. The van der Waals surface area contributed by atoms with Crippen molar-refractivity contribution in [2.75, 3.05) is 7.11 Å². The third-order valence-corrected chi connectivity index (χ3v) is 2.61. The Hall–Kier alpha value is -1.43. The second-order valence-electron chi connectivity index (χ2n) is 3.60. The van der Waals surface area contributed by atoms with Gasteiger partial charge in [0.25, 0.3) is 5.91 Å². The molecule has 1 aliphatic carbocycles. The first kappa shape index (κ1) is 9.14. The van der Waals surface area contributed by atoms with Gasteiger partial charge in [-0.2, -0.15) is 15.4 Å². The van der Waals surface area contributed by atoms with Crippen LogP contribution in [0.25, 0.3) is 0 Å². The molecule has 0 aromatic carbocycles. The third kappa shape index (κ3) is 1.48. The molecule has 6 heteroatoms. The van der Waals surface area contributed by atoms with Crippen molar-refractivity contribution >= 4 is 5.91 Å². The molecule has 76 valence electrons. The molecule has 1 aromatic heterocycles. The Morgan fingerprint density at radius 1 is 1.86 bits per heavy atom. The van der Waals surface area contributed by atoms with Crippen molar-refractivity contribution in [1.29, 1.82) is 0 Å². The topological polar surface area (TPSA) is 79.9 Å². The van der Waals surface area contributed by atoms with Crippen molar-refractivity contribution in [3.8, 4) is 0 Å². The average molecular weight is 196 g/mol. The molecule has 6 nitrogen and oxygen atoms in total. The molecule has 0 aliphatic heterocycles. The van der Waals surface area contributed by atoms with Gasteiger partial charge in [-0.05, 0) is 6.92 Å². The maximum absolute atomic E-state index is 11.5. The molecule has 1 aliphatic rings. The van der Waals surface area contributed by atoms with Crippen LogP contribution in [0.1, 0.15) is 23.8 Å². The number of methoxy groups -OCH3 is 1. The molecule has 2 N–H and O–H groups in total. The summed E-state index contributed by atoms with van der Waals surface area (Å²) in [5.41, 5.74) is 0.0923. The molecule has 14 heavy (non-hydrogen) atoms. The van der Waals surface area contributed by atoms with Crippen molar-refractivity contribution in [2.45, 2.75) is 25.0 Å². The van der Waals surface area contributed by atoms with E-state index in [0.29, 0.717) is 5.69 Å². The lowest BCUT2D eigenvalue weighted by Crippen LogP contribution is -2.31. The predicted molar refractivity (Wildman–Crippen MR) is 47.7 cm³/mol. The van der Waals surface area contributed by atoms with Crippen LogP contribution in [-0.2, 0) is 4.74 Å². The molecule has 0 saturated heterocycles. The van der Waals surface area contributed by atoms with E-state index in [0.717, 1.165) is 6.42 Å². The van der Waals surface area contributed by atoms with Crippen LogP contribution in [0, 0.1) is 0 Å². The highest BCUT2D eigenvalue weighted by Gasteiger charge is 2.51. The molecule has 1 saturated carbocycles. The second-order valence-corrected chi connectivity index (χ2v) is 3.60. The molecule has 2 rings (SSSR count). The molecule has 1 aromatic rings. The Morgan fingerprint density at radius 3 is 3.14 bits per heavy atom. The number of carbonyl (C=O) groups excluding carboxylic acids is 1. The van der Waals surface area contributed by atoms with Crippen LogP contribution in [0.5, 0.6) is 0 Å². The Kier molecular flexibility index (Phi) is 1.99. The monoisotopic (exact) mass is 196 g/mol. The van der Waals surface area contributed by atoms with Gasteiger partial charge in [-0.1, -0.05) is 0 Å². The third-order valence-electron chi connectivity index (χ3n) is 2.61. The minimum Gasteiger partial charge on any atom is -0.376 e. The van der Waals surface area contributed by atoms with Gasteiger partial charge < -0.3 is 10.1 Å². The van der Waals surface area contributed by atoms with E-state index in [1.165, 1.54) is 6.20 Å². The first-order valence-electron chi connectivity index (χ1n) is 4.37. The lowest BCUT2D eigenvalue weighted by atomic mass is 10.3. The van der Waals surface area contributed by atoms with E-state index in [4.69, 9.17) is 4.74 Å². The van der Waals surface area contributed by atoms with Crippen LogP contribution in [0.15, 0.2) is 6.20 Å². The van der Waals surface area contributed by atoms with Crippen LogP contribution in [-0.4, -0.2) is 40.1 Å². The summed E-state index contributed by atoms with van der Waals surface area (Å²) in [5.74, 6) is -0.218. The zero-order chi connectivity index (χ0) is 10.2. The first-order chi connectivity index (χ1) is 6.65. The minimum atomic E-state index is -0.218. The van der Waals surface area contributed by atoms with Crippen LogP contribution in [0.2, 0.25) is 0 Å². The van der Waals surface area contributed by atoms with Gasteiger partial charge in [0.1, 0.15) is 0 Å².